The first kappa shape index (κ1) is 23.1. The van der Waals surface area contributed by atoms with Gasteiger partial charge in [-0.05, 0) is 55.9 Å². The highest BCUT2D eigenvalue weighted by molar-refractivity contribution is 7.22. The first-order valence-corrected chi connectivity index (χ1v) is 10.4. The Morgan fingerprint density at radius 1 is 1.10 bits per heavy atom. The van der Waals surface area contributed by atoms with Gasteiger partial charge in [-0.1, -0.05) is 37.3 Å². The molecule has 156 valence electrons. The summed E-state index contributed by atoms with van der Waals surface area (Å²) in [6.45, 7) is 9.65. The predicted octanol–water partition coefficient (Wildman–Crippen LogP) is 5.02. The molecule has 3 aromatic rings. The number of amides is 1. The molecule has 29 heavy (non-hydrogen) atoms. The molecule has 0 fully saturated rings. The number of thiazole rings is 1. The van der Waals surface area contributed by atoms with E-state index in [0.717, 1.165) is 35.0 Å². The fraction of sp³-hybridized carbons (Fsp3) is 0.364. The lowest BCUT2D eigenvalue weighted by molar-refractivity contribution is 0.0983. The van der Waals surface area contributed by atoms with E-state index in [1.807, 2.05) is 24.3 Å². The van der Waals surface area contributed by atoms with Gasteiger partial charge < -0.3 is 9.64 Å². The third kappa shape index (κ3) is 5.47. The monoisotopic (exact) mass is 433 g/mol. The van der Waals surface area contributed by atoms with Crippen molar-refractivity contribution < 1.29 is 9.53 Å². The molecular weight excluding hydrogens is 406 g/mol. The smallest absolute Gasteiger partial charge is 0.260 e. The van der Waals surface area contributed by atoms with Gasteiger partial charge in [0.2, 0.25) is 0 Å². The van der Waals surface area contributed by atoms with E-state index in [0.29, 0.717) is 17.9 Å². The second-order valence-electron chi connectivity index (χ2n) is 6.68. The van der Waals surface area contributed by atoms with Gasteiger partial charge in [-0.15, -0.1) is 12.4 Å². The number of carbonyl (C=O) groups is 1. The molecule has 1 amide bonds. The second-order valence-corrected chi connectivity index (χ2v) is 7.69. The van der Waals surface area contributed by atoms with Crippen LogP contribution in [-0.4, -0.2) is 49.1 Å². The van der Waals surface area contributed by atoms with Crippen molar-refractivity contribution in [3.05, 3.63) is 53.6 Å². The van der Waals surface area contributed by atoms with Crippen LogP contribution in [0.4, 0.5) is 5.13 Å². The van der Waals surface area contributed by atoms with Crippen molar-refractivity contribution in [2.75, 3.05) is 38.2 Å². The Hall–Kier alpha value is -2.15. The molecule has 0 aliphatic carbocycles. The molecule has 0 aliphatic rings. The number of anilines is 1. The highest BCUT2D eigenvalue weighted by Gasteiger charge is 2.22. The maximum Gasteiger partial charge on any atom is 0.260 e. The van der Waals surface area contributed by atoms with Crippen molar-refractivity contribution in [3.8, 4) is 5.75 Å². The Balaban J connectivity index is 0.00000300. The zero-order valence-corrected chi connectivity index (χ0v) is 19.0. The molecule has 0 unspecified atom stereocenters. The number of fused-ring (bicyclic) bond motifs is 1. The Kier molecular flexibility index (Phi) is 8.44. The quantitative estimate of drug-likeness (QED) is 0.500. The van der Waals surface area contributed by atoms with Crippen molar-refractivity contribution in [3.63, 3.8) is 0 Å². The van der Waals surface area contributed by atoms with Gasteiger partial charge in [0.05, 0.1) is 17.3 Å². The summed E-state index contributed by atoms with van der Waals surface area (Å²) >= 11 is 1.56. The molecule has 0 radical (unpaired) electrons. The van der Waals surface area contributed by atoms with Gasteiger partial charge in [0.15, 0.2) is 5.13 Å². The number of methoxy groups -OCH3 is 1. The number of nitrogens with zero attached hydrogens (tertiary/aromatic N) is 3. The Morgan fingerprint density at radius 3 is 2.55 bits per heavy atom. The molecule has 5 nitrogen and oxygen atoms in total. The molecule has 0 N–H and O–H groups in total. The van der Waals surface area contributed by atoms with E-state index in [1.165, 1.54) is 5.56 Å². The van der Waals surface area contributed by atoms with E-state index in [4.69, 9.17) is 9.72 Å². The molecule has 1 heterocycles. The lowest BCUT2D eigenvalue weighted by atomic mass is 10.2. The van der Waals surface area contributed by atoms with Crippen LogP contribution in [0.2, 0.25) is 0 Å². The SMILES string of the molecule is CCN(CC)CCN(C(=O)c1cccc(OC)c1)c1nc2ccc(C)cc2s1.Cl. The van der Waals surface area contributed by atoms with Crippen molar-refractivity contribution in [1.82, 2.24) is 9.88 Å². The molecule has 1 aromatic heterocycles. The summed E-state index contributed by atoms with van der Waals surface area (Å²) in [5.41, 5.74) is 2.72. The molecule has 7 heteroatoms. The maximum absolute atomic E-state index is 13.4. The molecular formula is C22H28ClN3O2S. The Labute approximate surface area is 182 Å². The van der Waals surface area contributed by atoms with E-state index in [1.54, 1.807) is 29.4 Å². The highest BCUT2D eigenvalue weighted by atomic mass is 35.5. The van der Waals surface area contributed by atoms with Crippen molar-refractivity contribution in [2.24, 2.45) is 0 Å². The van der Waals surface area contributed by atoms with Gasteiger partial charge in [-0.2, -0.15) is 0 Å². The van der Waals surface area contributed by atoms with Crippen molar-refractivity contribution in [2.45, 2.75) is 20.8 Å². The summed E-state index contributed by atoms with van der Waals surface area (Å²) in [7, 11) is 1.61. The van der Waals surface area contributed by atoms with Crippen LogP contribution in [0.25, 0.3) is 10.2 Å². The Morgan fingerprint density at radius 2 is 1.86 bits per heavy atom. The summed E-state index contributed by atoms with van der Waals surface area (Å²) in [5.74, 6) is 0.622. The molecule has 0 spiro atoms. The molecule has 3 rings (SSSR count). The summed E-state index contributed by atoms with van der Waals surface area (Å²) in [4.78, 5) is 22.2. The van der Waals surface area contributed by atoms with E-state index in [-0.39, 0.29) is 18.3 Å². The first-order valence-electron chi connectivity index (χ1n) is 9.61. The third-order valence-corrected chi connectivity index (χ3v) is 5.90. The number of benzene rings is 2. The van der Waals surface area contributed by atoms with Gasteiger partial charge in [-0.25, -0.2) is 4.98 Å². The Bertz CT molecular complexity index is 956. The molecule has 0 atom stereocenters. The number of hydrogen-bond acceptors (Lipinski definition) is 5. The first-order chi connectivity index (χ1) is 13.5. The minimum atomic E-state index is -0.0539. The summed E-state index contributed by atoms with van der Waals surface area (Å²) in [6, 6.07) is 13.5. The fourth-order valence-corrected chi connectivity index (χ4v) is 4.20. The van der Waals surface area contributed by atoms with Gasteiger partial charge in [0.25, 0.3) is 5.91 Å². The number of likely N-dealkylation sites (N-methyl/N-ethyl adjacent to an activating group) is 1. The lowest BCUT2D eigenvalue weighted by Gasteiger charge is -2.24. The minimum absolute atomic E-state index is 0. The van der Waals surface area contributed by atoms with E-state index >= 15 is 0 Å². The van der Waals surface area contributed by atoms with Gasteiger partial charge in [0.1, 0.15) is 5.75 Å². The number of rotatable bonds is 8. The number of ether oxygens (including phenoxy) is 1. The van der Waals surface area contributed by atoms with Crippen molar-refractivity contribution >= 4 is 45.0 Å². The largest absolute Gasteiger partial charge is 0.497 e. The molecule has 0 aliphatic heterocycles. The molecule has 0 bridgehead atoms. The topological polar surface area (TPSA) is 45.7 Å². The predicted molar refractivity (Wildman–Crippen MR) is 124 cm³/mol. The fourth-order valence-electron chi connectivity index (χ4n) is 3.11. The highest BCUT2D eigenvalue weighted by Crippen LogP contribution is 2.30. The van der Waals surface area contributed by atoms with Crippen LogP contribution in [0.15, 0.2) is 42.5 Å². The summed E-state index contributed by atoms with van der Waals surface area (Å²) in [5, 5.41) is 0.737. The molecule has 2 aromatic carbocycles. The zero-order chi connectivity index (χ0) is 20.1. The summed E-state index contributed by atoms with van der Waals surface area (Å²) < 4.78 is 6.39. The number of carbonyl (C=O) groups excluding carboxylic acids is 1. The molecule has 0 saturated heterocycles. The van der Waals surface area contributed by atoms with Gasteiger partial charge in [-0.3, -0.25) is 9.69 Å². The van der Waals surface area contributed by atoms with Crippen LogP contribution in [0, 0.1) is 6.92 Å². The minimum Gasteiger partial charge on any atom is -0.497 e. The van der Waals surface area contributed by atoms with Crippen LogP contribution in [0.1, 0.15) is 29.8 Å². The number of aromatic nitrogens is 1. The van der Waals surface area contributed by atoms with E-state index in [2.05, 4.69) is 37.8 Å². The number of aryl methyl sites for hydroxylation is 1. The lowest BCUT2D eigenvalue weighted by Crippen LogP contribution is -2.38. The third-order valence-electron chi connectivity index (χ3n) is 4.86. The van der Waals surface area contributed by atoms with Gasteiger partial charge >= 0.3 is 0 Å². The average molecular weight is 434 g/mol. The summed E-state index contributed by atoms with van der Waals surface area (Å²) in [6.07, 6.45) is 0. The number of halogens is 1. The van der Waals surface area contributed by atoms with E-state index in [9.17, 15) is 4.79 Å². The van der Waals surface area contributed by atoms with Crippen LogP contribution >= 0.6 is 23.7 Å². The van der Waals surface area contributed by atoms with Crippen LogP contribution in [-0.2, 0) is 0 Å². The zero-order valence-electron chi connectivity index (χ0n) is 17.3. The average Bonchev–Trinajstić information content (AvgIpc) is 3.13. The maximum atomic E-state index is 13.4. The normalized spacial score (nSPS) is 10.8. The molecule has 0 saturated carbocycles. The van der Waals surface area contributed by atoms with Crippen LogP contribution in [0.3, 0.4) is 0 Å². The van der Waals surface area contributed by atoms with Gasteiger partial charge in [0, 0.05) is 18.7 Å². The standard InChI is InChI=1S/C22H27N3O2S.ClH/c1-5-24(6-2)12-13-25(21(26)17-8-7-9-18(15-17)27-4)22-23-19-11-10-16(3)14-20(19)28-22;/h7-11,14-15H,5-6,12-13H2,1-4H3;1H. The van der Waals surface area contributed by atoms with Crippen LogP contribution < -0.4 is 9.64 Å². The van der Waals surface area contributed by atoms with Crippen LogP contribution in [0.5, 0.6) is 5.75 Å². The van der Waals surface area contributed by atoms with E-state index < -0.39 is 0 Å². The van der Waals surface area contributed by atoms with Crippen molar-refractivity contribution in [1.29, 1.82) is 0 Å². The second kappa shape index (κ2) is 10.6. The number of hydrogen-bond donors (Lipinski definition) is 0.